The third kappa shape index (κ3) is 5.15. The van der Waals surface area contributed by atoms with Crippen molar-refractivity contribution in [3.63, 3.8) is 0 Å². The zero-order chi connectivity index (χ0) is 27.9. The Morgan fingerprint density at radius 3 is 2.29 bits per heavy atom. The van der Waals surface area contributed by atoms with Crippen LogP contribution in [0.1, 0.15) is 37.7 Å². The molecular weight excluding hydrogens is 619 g/mol. The van der Waals surface area contributed by atoms with Crippen molar-refractivity contribution in [1.29, 1.82) is 5.26 Å². The second-order valence-corrected chi connectivity index (χ2v) is 12.1. The zero-order valence-electron chi connectivity index (χ0n) is 21.4. The molecule has 0 aliphatic rings. The Bertz CT molecular complexity index is 1800. The molecule has 0 N–H and O–H groups in total. The van der Waals surface area contributed by atoms with Gasteiger partial charge in [-0.15, -0.1) is 11.3 Å². The fraction of sp³-hybridized carbons (Fsp3) is 0.207. The Labute approximate surface area is 236 Å². The number of nitriles is 1. The molecule has 9 heteroatoms. The third-order valence-electron chi connectivity index (χ3n) is 6.05. The number of aromatic nitrogens is 2. The molecule has 0 amide bonds. The average Bonchev–Trinajstić information content (AvgIpc) is 3.30. The van der Waals surface area contributed by atoms with Gasteiger partial charge in [-0.25, -0.2) is 8.78 Å². The van der Waals surface area contributed by atoms with E-state index in [0.717, 1.165) is 54.2 Å². The summed E-state index contributed by atoms with van der Waals surface area (Å²) in [5.41, 5.74) is 1.54. The molecule has 0 saturated carbocycles. The van der Waals surface area contributed by atoms with E-state index in [4.69, 9.17) is 0 Å². The molecule has 5 nitrogen and oxygen atoms in total. The number of ketones is 1. The smallest absolute Gasteiger partial charge is 0.273 e. The molecule has 0 aliphatic carbocycles. The van der Waals surface area contributed by atoms with Crippen molar-refractivity contribution in [2.24, 2.45) is 5.41 Å². The van der Waals surface area contributed by atoms with Crippen LogP contribution in [0.25, 0.3) is 23.0 Å². The van der Waals surface area contributed by atoms with Crippen LogP contribution in [0.3, 0.4) is 0 Å². The van der Waals surface area contributed by atoms with Gasteiger partial charge in [-0.3, -0.25) is 14.2 Å². The van der Waals surface area contributed by atoms with Crippen LogP contribution in [-0.4, -0.2) is 14.9 Å². The van der Waals surface area contributed by atoms with Crippen molar-refractivity contribution in [2.75, 3.05) is 0 Å². The minimum atomic E-state index is -0.977. The quantitative estimate of drug-likeness (QED) is 0.284. The maximum atomic E-state index is 14.9. The van der Waals surface area contributed by atoms with E-state index in [-0.39, 0.29) is 20.5 Å². The second-order valence-electron chi connectivity index (χ2n) is 9.86. The summed E-state index contributed by atoms with van der Waals surface area (Å²) in [6.45, 7) is 8.87. The summed E-state index contributed by atoms with van der Waals surface area (Å²) >= 11 is 3.17. The predicted molar refractivity (Wildman–Crippen MR) is 154 cm³/mol. The van der Waals surface area contributed by atoms with Gasteiger partial charge in [0.1, 0.15) is 27.9 Å². The lowest BCUT2D eigenvalue weighted by molar-refractivity contribution is -0.120. The van der Waals surface area contributed by atoms with Crippen LogP contribution < -0.4 is 14.8 Å². The minimum absolute atomic E-state index is 0.000579. The van der Waals surface area contributed by atoms with Crippen LogP contribution in [0.15, 0.2) is 53.3 Å². The van der Waals surface area contributed by atoms with Crippen molar-refractivity contribution >= 4 is 51.4 Å². The molecule has 2 aromatic carbocycles. The van der Waals surface area contributed by atoms with E-state index in [1.807, 2.05) is 50.2 Å². The number of aryl methyl sites for hydroxylation is 1. The highest BCUT2D eigenvalue weighted by Gasteiger charge is 2.28. The van der Waals surface area contributed by atoms with Gasteiger partial charge in [0.05, 0.1) is 10.2 Å². The average molecular weight is 643 g/mol. The van der Waals surface area contributed by atoms with Crippen LogP contribution in [0.4, 0.5) is 8.78 Å². The van der Waals surface area contributed by atoms with Gasteiger partial charge >= 0.3 is 0 Å². The molecule has 0 atom stereocenters. The molecule has 0 unspecified atom stereocenters. The summed E-state index contributed by atoms with van der Waals surface area (Å²) in [6.07, 6.45) is 1.68. The topological polar surface area (TPSA) is 67.8 Å². The Kier molecular flexibility index (Phi) is 7.59. The molecule has 0 bridgehead atoms. The number of carbonyl (C=O) groups excluding carboxylic acids is 1. The van der Waals surface area contributed by atoms with Gasteiger partial charge in [0.2, 0.25) is 0 Å². The van der Waals surface area contributed by atoms with E-state index in [1.165, 1.54) is 0 Å². The first kappa shape index (κ1) is 27.7. The second kappa shape index (κ2) is 10.4. The largest absolute Gasteiger partial charge is 0.318 e. The van der Waals surface area contributed by atoms with E-state index in [9.17, 15) is 23.6 Å². The summed E-state index contributed by atoms with van der Waals surface area (Å²) in [5.74, 6) is -2.27. The van der Waals surface area contributed by atoms with Crippen molar-refractivity contribution in [3.8, 4) is 17.4 Å². The summed E-state index contributed by atoms with van der Waals surface area (Å²) < 4.78 is 32.9. The van der Waals surface area contributed by atoms with Gasteiger partial charge < -0.3 is 4.57 Å². The summed E-state index contributed by atoms with van der Waals surface area (Å²) in [7, 11) is 0. The minimum Gasteiger partial charge on any atom is -0.318 e. The van der Waals surface area contributed by atoms with Crippen LogP contribution in [0.5, 0.6) is 0 Å². The maximum Gasteiger partial charge on any atom is 0.273 e. The number of thiazole rings is 1. The first-order valence-electron chi connectivity index (χ1n) is 11.7. The lowest BCUT2D eigenvalue weighted by Gasteiger charge is -2.15. The molecule has 0 saturated heterocycles. The van der Waals surface area contributed by atoms with Gasteiger partial charge in [0, 0.05) is 32.1 Å². The molecule has 0 spiro atoms. The number of carbonyl (C=O) groups is 1. The predicted octanol–water partition coefficient (Wildman–Crippen LogP) is 5.31. The van der Waals surface area contributed by atoms with Crippen molar-refractivity contribution < 1.29 is 13.6 Å². The zero-order valence-corrected chi connectivity index (χ0v) is 24.4. The van der Waals surface area contributed by atoms with Crippen LogP contribution >= 0.6 is 33.9 Å². The Morgan fingerprint density at radius 2 is 1.71 bits per heavy atom. The summed E-state index contributed by atoms with van der Waals surface area (Å²) in [5, 5.41) is 9.93. The van der Waals surface area contributed by atoms with Crippen LogP contribution in [0.2, 0.25) is 0 Å². The highest BCUT2D eigenvalue weighted by molar-refractivity contribution is 14.1. The van der Waals surface area contributed by atoms with Crippen LogP contribution in [-0.2, 0) is 4.79 Å². The van der Waals surface area contributed by atoms with E-state index >= 15 is 0 Å². The molecular formula is C29H24F2IN3O2S. The molecule has 0 aliphatic heterocycles. The Hall–Kier alpha value is -3.36. The maximum absolute atomic E-state index is 14.9. The highest BCUT2D eigenvalue weighted by atomic mass is 127. The molecule has 0 fully saturated rings. The van der Waals surface area contributed by atoms with Gasteiger partial charge in [0.25, 0.3) is 5.56 Å². The fourth-order valence-electron chi connectivity index (χ4n) is 4.16. The van der Waals surface area contributed by atoms with Gasteiger partial charge in [-0.05, 0) is 90.5 Å². The number of hydrogen-bond donors (Lipinski definition) is 0. The standard InChI is InChI=1S/C29H24F2IN3O2S/c1-16-12-18(17(2)34(16)21-9-7-20(32)8-10-21)13-25-27(37)35(24-11-6-19(30)14-23(24)31)28(38-25)22(15-33)26(36)29(3,4)5/h6-14H,1-5H3. The van der Waals surface area contributed by atoms with Crippen LogP contribution in [0, 0.1) is 45.8 Å². The van der Waals surface area contributed by atoms with E-state index in [2.05, 4.69) is 27.2 Å². The molecule has 194 valence electrons. The molecule has 0 radical (unpaired) electrons. The Morgan fingerprint density at radius 1 is 1.05 bits per heavy atom. The highest BCUT2D eigenvalue weighted by Crippen LogP contribution is 2.23. The summed E-state index contributed by atoms with van der Waals surface area (Å²) in [6, 6.07) is 14.7. The number of nitrogens with zero attached hydrogens (tertiary/aromatic N) is 3. The molecule has 38 heavy (non-hydrogen) atoms. The number of hydrogen-bond acceptors (Lipinski definition) is 4. The third-order valence-corrected chi connectivity index (χ3v) is 7.86. The number of halogens is 3. The fourth-order valence-corrected chi connectivity index (χ4v) is 5.61. The molecule has 2 heterocycles. The molecule has 4 aromatic rings. The number of benzene rings is 2. The lowest BCUT2D eigenvalue weighted by Crippen LogP contribution is -2.33. The van der Waals surface area contributed by atoms with E-state index < -0.39 is 28.4 Å². The Balaban J connectivity index is 2.06. The molecule has 4 rings (SSSR count). The van der Waals surface area contributed by atoms with Gasteiger partial charge in [0.15, 0.2) is 5.78 Å². The molecule has 2 aromatic heterocycles. The summed E-state index contributed by atoms with van der Waals surface area (Å²) in [4.78, 5) is 26.8. The number of rotatable bonds is 4. The van der Waals surface area contributed by atoms with Gasteiger partial charge in [-0.2, -0.15) is 5.26 Å². The van der Waals surface area contributed by atoms with Crippen molar-refractivity contribution in [2.45, 2.75) is 34.6 Å². The van der Waals surface area contributed by atoms with Gasteiger partial charge in [-0.1, -0.05) is 20.8 Å². The lowest BCUT2D eigenvalue weighted by atomic mass is 9.87. The SMILES string of the molecule is Cc1cc(C=c2sc(=C(C#N)C(=O)C(C)(C)C)n(-c3ccc(F)cc3F)c2=O)c(C)n1-c1ccc(I)cc1. The first-order valence-corrected chi connectivity index (χ1v) is 13.6. The number of Topliss-reactive ketones (excluding diaryl/α,β-unsaturated/α-hetero) is 1. The normalized spacial score (nSPS) is 13.0. The monoisotopic (exact) mass is 643 g/mol. The van der Waals surface area contributed by atoms with E-state index in [1.54, 1.807) is 26.8 Å². The van der Waals surface area contributed by atoms with Crippen molar-refractivity contribution in [1.82, 2.24) is 9.13 Å². The first-order chi connectivity index (χ1) is 17.8. The van der Waals surface area contributed by atoms with Crippen molar-refractivity contribution in [3.05, 3.63) is 100 Å². The van der Waals surface area contributed by atoms with E-state index in [0.29, 0.717) is 6.07 Å².